The molecule has 62 heavy (non-hydrogen) atoms. The molecule has 3 aromatic heterocycles. The number of fused-ring (bicyclic) bond motifs is 6. The van der Waals surface area contributed by atoms with E-state index in [0.717, 1.165) is 11.1 Å². The van der Waals surface area contributed by atoms with E-state index in [-0.39, 0.29) is 93.8 Å². The summed E-state index contributed by atoms with van der Waals surface area (Å²) in [6.07, 6.45) is 0. The molecule has 0 bridgehead atoms. The highest BCUT2D eigenvalue weighted by molar-refractivity contribution is 6.69. The predicted molar refractivity (Wildman–Crippen MR) is 268 cm³/mol. The van der Waals surface area contributed by atoms with Crippen molar-refractivity contribution in [3.05, 3.63) is 97.1 Å². The van der Waals surface area contributed by atoms with Crippen molar-refractivity contribution < 1.29 is 4.42 Å². The summed E-state index contributed by atoms with van der Waals surface area (Å²) in [7, 11) is 82.1. The van der Waals surface area contributed by atoms with Crippen LogP contribution < -0.4 is 65.6 Å². The van der Waals surface area contributed by atoms with Crippen LogP contribution in [0.25, 0.3) is 94.7 Å². The van der Waals surface area contributed by atoms with Crippen LogP contribution in [0.3, 0.4) is 0 Å². The van der Waals surface area contributed by atoms with Crippen LogP contribution >= 0.6 is 0 Å². The lowest BCUT2D eigenvalue weighted by molar-refractivity contribution is 0.674. The summed E-state index contributed by atoms with van der Waals surface area (Å²) in [5.74, 6) is 0.958. The van der Waals surface area contributed by atoms with Gasteiger partial charge in [0.25, 0.3) is 0 Å². The monoisotopic (exact) mass is 760 g/mol. The highest BCUT2D eigenvalue weighted by Gasteiger charge is 2.28. The second kappa shape index (κ2) is 14.8. The van der Waals surface area contributed by atoms with Crippen molar-refractivity contribution in [2.75, 3.05) is 0 Å². The van der Waals surface area contributed by atoms with Crippen LogP contribution in [0.1, 0.15) is 0 Å². The summed E-state index contributed by atoms with van der Waals surface area (Å²) >= 11 is 0. The van der Waals surface area contributed by atoms with Gasteiger partial charge in [0.05, 0.1) is 0 Å². The maximum Gasteiger partial charge on any atom is 0.164 e. The molecule has 24 radical (unpaired) electrons. The van der Waals surface area contributed by atoms with Gasteiger partial charge in [-0.2, -0.15) is 0 Å². The molecule has 0 amide bonds. The molecule has 0 fully saturated rings. The zero-order valence-corrected chi connectivity index (χ0v) is 32.9. The minimum atomic E-state index is 0.0366. The third-order valence-corrected chi connectivity index (χ3v) is 11.5. The first-order chi connectivity index (χ1) is 29.8. The molecular weight excluding hydrogens is 742 g/mol. The molecule has 0 aliphatic rings. The minimum absolute atomic E-state index is 0.0366. The van der Waals surface area contributed by atoms with Crippen molar-refractivity contribution in [3.63, 3.8) is 0 Å². The number of hydrogen-bond acceptors (Lipinski definition) is 4. The Labute approximate surface area is 373 Å². The number of furan rings is 1. The van der Waals surface area contributed by atoms with Gasteiger partial charge in [-0.1, -0.05) is 135 Å². The van der Waals surface area contributed by atoms with Crippen LogP contribution in [0.4, 0.5) is 0 Å². The van der Waals surface area contributed by atoms with Crippen LogP contribution in [-0.4, -0.2) is 114 Å². The topological polar surface area (TPSA) is 56.7 Å². The number of benzene rings is 7. The Morgan fingerprint density at radius 1 is 0.371 bits per heavy atom. The highest BCUT2D eigenvalue weighted by Crippen LogP contribution is 2.36. The molecule has 0 saturated heterocycles. The number of nitrogens with zero attached hydrogens (tertiary/aromatic N) is 4. The van der Waals surface area contributed by atoms with E-state index in [4.69, 9.17) is 114 Å². The molecule has 0 N–H and O–H groups in total. The number of rotatable bonds is 5. The predicted octanol–water partition coefficient (Wildman–Crippen LogP) is -2.94. The third kappa shape index (κ3) is 5.76. The van der Waals surface area contributed by atoms with Crippen LogP contribution in [-0.2, 0) is 0 Å². The first-order valence-corrected chi connectivity index (χ1v) is 19.2. The van der Waals surface area contributed by atoms with Crippen LogP contribution in [0.5, 0.6) is 0 Å². The summed E-state index contributed by atoms with van der Waals surface area (Å²) in [6, 6.07) is 29.9. The van der Waals surface area contributed by atoms with E-state index in [1.54, 1.807) is 10.6 Å². The Kier molecular flexibility index (Phi) is 9.55. The van der Waals surface area contributed by atoms with E-state index >= 15 is 0 Å². The Bertz CT molecular complexity index is 3480. The second-order valence-electron chi connectivity index (χ2n) is 15.0. The molecule has 0 saturated carbocycles. The minimum Gasteiger partial charge on any atom is -0.457 e. The van der Waals surface area contributed by atoms with Gasteiger partial charge < -0.3 is 8.98 Å². The van der Waals surface area contributed by atoms with E-state index in [9.17, 15) is 0 Å². The van der Waals surface area contributed by atoms with Gasteiger partial charge in [-0.15, -0.1) is 16.4 Å². The maximum atomic E-state index is 7.17. The molecule has 0 aliphatic carbocycles. The van der Waals surface area contributed by atoms with Crippen molar-refractivity contribution in [1.29, 1.82) is 0 Å². The molecule has 7 aromatic carbocycles. The van der Waals surface area contributed by atoms with Gasteiger partial charge in [-0.05, 0) is 22.1 Å². The van der Waals surface area contributed by atoms with Crippen LogP contribution in [0, 0.1) is 0 Å². The SMILES string of the molecule is [B]c1cc2c(oc3c([B])c(-c4nc(-c5ccccc5)nc(-c5ccccc5)n4)c([B])c([B])c32)c([B])c1-n1c2c([B])c([B])c([B])c([B])c2c2c(-c3ccccc3)c([B])c([B])c([B])c21. The smallest absolute Gasteiger partial charge is 0.164 e. The first-order valence-electron chi connectivity index (χ1n) is 19.2. The summed E-state index contributed by atoms with van der Waals surface area (Å²) < 4.78 is 8.28. The fraction of sp³-hybridized carbons (Fsp3) is 0. The Morgan fingerprint density at radius 2 is 0.823 bits per heavy atom. The summed E-state index contributed by atoms with van der Waals surface area (Å²) in [4.78, 5) is 14.5. The van der Waals surface area contributed by atoms with E-state index in [2.05, 4.69) is 0 Å². The van der Waals surface area contributed by atoms with E-state index in [1.807, 2.05) is 91.0 Å². The van der Waals surface area contributed by atoms with Crippen LogP contribution in [0.2, 0.25) is 0 Å². The van der Waals surface area contributed by atoms with Gasteiger partial charge in [-0.25, -0.2) is 15.0 Å². The van der Waals surface area contributed by atoms with Gasteiger partial charge in [-0.3, -0.25) is 0 Å². The molecule has 0 aliphatic heterocycles. The van der Waals surface area contributed by atoms with E-state index < -0.39 is 0 Å². The van der Waals surface area contributed by atoms with Gasteiger partial charge >= 0.3 is 0 Å². The van der Waals surface area contributed by atoms with E-state index in [0.29, 0.717) is 55.4 Å². The van der Waals surface area contributed by atoms with Gasteiger partial charge in [0.1, 0.15) is 105 Å². The maximum absolute atomic E-state index is 7.17. The standard InChI is InChI=1S/C45H16B12N4O/c46-21-16-20-23-28(48)30(50)26(45-59-43(18-12-6-2-7-13-18)58-44(60-45)19-14-8-3-9-15-19)31(51)42(23)62-41(20)37(57)38(21)61-39-24(25-29(49)32(52)34(54)36(56)40(25)61)22(17-10-4-1-5-11-17)27(47)33(53)35(39)55/h1-16H. The van der Waals surface area contributed by atoms with Crippen molar-refractivity contribution >= 4 is 203 Å². The zero-order chi connectivity index (χ0) is 43.5. The summed E-state index contributed by atoms with van der Waals surface area (Å²) in [6.45, 7) is 0. The average molecular weight is 758 g/mol. The van der Waals surface area contributed by atoms with E-state index in [1.165, 1.54) is 0 Å². The van der Waals surface area contributed by atoms with Crippen LogP contribution in [0.15, 0.2) is 101 Å². The van der Waals surface area contributed by atoms with Crippen molar-refractivity contribution in [1.82, 2.24) is 19.5 Å². The summed E-state index contributed by atoms with van der Waals surface area (Å²) in [5.41, 5.74) is 5.44. The molecule has 0 unspecified atom stereocenters. The lowest BCUT2D eigenvalue weighted by Crippen LogP contribution is -2.48. The van der Waals surface area contributed by atoms with Gasteiger partial charge in [0.15, 0.2) is 17.5 Å². The molecular formula is C45H16B12N4O. The van der Waals surface area contributed by atoms with Crippen molar-refractivity contribution in [2.24, 2.45) is 0 Å². The molecule has 10 rings (SSSR count). The summed E-state index contributed by atoms with van der Waals surface area (Å²) in [5, 5.41) is 1.68. The average Bonchev–Trinajstić information content (AvgIpc) is 3.84. The largest absolute Gasteiger partial charge is 0.457 e. The van der Waals surface area contributed by atoms with Gasteiger partial charge in [0.2, 0.25) is 0 Å². The lowest BCUT2D eigenvalue weighted by Gasteiger charge is -2.21. The normalized spacial score (nSPS) is 11.7. The fourth-order valence-electron chi connectivity index (χ4n) is 8.48. The molecule has 17 heteroatoms. The fourth-order valence-corrected chi connectivity index (χ4v) is 8.48. The lowest BCUT2D eigenvalue weighted by atomic mass is 9.64. The Balaban J connectivity index is 1.29. The zero-order valence-electron chi connectivity index (χ0n) is 32.9. The Morgan fingerprint density at radius 3 is 1.39 bits per heavy atom. The second-order valence-corrected chi connectivity index (χ2v) is 15.0. The highest BCUT2D eigenvalue weighted by atomic mass is 16.3. The number of aromatic nitrogens is 4. The Hall–Kier alpha value is -6.07. The molecule has 10 aromatic rings. The van der Waals surface area contributed by atoms with Crippen molar-refractivity contribution in [3.8, 4) is 51.0 Å². The quantitative estimate of drug-likeness (QED) is 0.177. The number of hydrogen-bond donors (Lipinski definition) is 0. The molecule has 258 valence electrons. The molecule has 0 atom stereocenters. The van der Waals surface area contributed by atoms with Crippen molar-refractivity contribution in [2.45, 2.75) is 0 Å². The first kappa shape index (κ1) is 40.0. The third-order valence-electron chi connectivity index (χ3n) is 11.5. The molecule has 5 nitrogen and oxygen atoms in total. The molecule has 3 heterocycles. The molecule has 0 spiro atoms. The van der Waals surface area contributed by atoms with Gasteiger partial charge in [0, 0.05) is 55.0 Å².